The SMILES string of the molecule is CCCNc1ncccc1CSCC(C)CO. The van der Waals surface area contributed by atoms with Crippen molar-refractivity contribution in [1.29, 1.82) is 0 Å². The maximum atomic E-state index is 8.96. The lowest BCUT2D eigenvalue weighted by molar-refractivity contribution is 0.250. The monoisotopic (exact) mass is 254 g/mol. The van der Waals surface area contributed by atoms with Crippen LogP contribution in [-0.2, 0) is 5.75 Å². The highest BCUT2D eigenvalue weighted by molar-refractivity contribution is 7.98. The van der Waals surface area contributed by atoms with Crippen molar-refractivity contribution in [3.8, 4) is 0 Å². The molecule has 0 aliphatic heterocycles. The van der Waals surface area contributed by atoms with Gasteiger partial charge in [-0.3, -0.25) is 0 Å². The van der Waals surface area contributed by atoms with Gasteiger partial charge in [-0.25, -0.2) is 4.98 Å². The van der Waals surface area contributed by atoms with Crippen molar-refractivity contribution < 1.29 is 5.11 Å². The summed E-state index contributed by atoms with van der Waals surface area (Å²) in [6, 6.07) is 4.09. The highest BCUT2D eigenvalue weighted by Gasteiger charge is 2.04. The van der Waals surface area contributed by atoms with E-state index >= 15 is 0 Å². The third kappa shape index (κ3) is 5.41. The molecule has 1 atom stereocenters. The lowest BCUT2D eigenvalue weighted by Gasteiger charge is -2.11. The fourth-order valence-electron chi connectivity index (χ4n) is 1.38. The number of nitrogens with zero attached hydrogens (tertiary/aromatic N) is 1. The van der Waals surface area contributed by atoms with Crippen molar-refractivity contribution in [1.82, 2.24) is 4.98 Å². The number of thioether (sulfide) groups is 1. The van der Waals surface area contributed by atoms with E-state index in [2.05, 4.69) is 30.2 Å². The third-order valence-electron chi connectivity index (χ3n) is 2.41. The number of hydrogen-bond donors (Lipinski definition) is 2. The van der Waals surface area contributed by atoms with Gasteiger partial charge in [0, 0.05) is 30.7 Å². The van der Waals surface area contributed by atoms with Crippen LogP contribution in [0.2, 0.25) is 0 Å². The van der Waals surface area contributed by atoms with E-state index in [9.17, 15) is 0 Å². The van der Waals surface area contributed by atoms with Gasteiger partial charge in [-0.2, -0.15) is 11.8 Å². The minimum Gasteiger partial charge on any atom is -0.396 e. The molecule has 1 heterocycles. The summed E-state index contributed by atoms with van der Waals surface area (Å²) in [5.74, 6) is 3.30. The minimum atomic E-state index is 0.265. The van der Waals surface area contributed by atoms with E-state index in [-0.39, 0.29) is 6.61 Å². The van der Waals surface area contributed by atoms with E-state index in [0.717, 1.165) is 30.3 Å². The Bertz CT molecular complexity index is 320. The lowest BCUT2D eigenvalue weighted by Crippen LogP contribution is -2.06. The molecule has 1 rings (SSSR count). The van der Waals surface area contributed by atoms with Crippen LogP contribution in [0.4, 0.5) is 5.82 Å². The first-order valence-electron chi connectivity index (χ1n) is 6.14. The average molecular weight is 254 g/mol. The number of pyridine rings is 1. The smallest absolute Gasteiger partial charge is 0.129 e. The normalized spacial score (nSPS) is 12.4. The molecule has 96 valence electrons. The number of nitrogens with one attached hydrogen (secondary N) is 1. The molecule has 2 N–H and O–H groups in total. The van der Waals surface area contributed by atoms with Gasteiger partial charge in [0.2, 0.25) is 0 Å². The quantitative estimate of drug-likeness (QED) is 0.749. The molecule has 0 radical (unpaired) electrons. The van der Waals surface area contributed by atoms with Crippen molar-refractivity contribution in [2.24, 2.45) is 5.92 Å². The van der Waals surface area contributed by atoms with Gasteiger partial charge < -0.3 is 10.4 Å². The molecule has 1 unspecified atom stereocenters. The van der Waals surface area contributed by atoms with Crippen molar-refractivity contribution in [3.63, 3.8) is 0 Å². The zero-order valence-electron chi connectivity index (χ0n) is 10.6. The van der Waals surface area contributed by atoms with Crippen LogP contribution in [0, 0.1) is 5.92 Å². The molecule has 0 spiro atoms. The highest BCUT2D eigenvalue weighted by Crippen LogP contribution is 2.20. The molecule has 0 aliphatic carbocycles. The van der Waals surface area contributed by atoms with Gasteiger partial charge in [0.1, 0.15) is 5.82 Å². The molecule has 0 aliphatic rings. The standard InChI is InChI=1S/C13H22N2OS/c1-3-6-14-13-12(5-4-7-15-13)10-17-9-11(2)8-16/h4-5,7,11,16H,3,6,8-10H2,1-2H3,(H,14,15). The van der Waals surface area contributed by atoms with Crippen LogP contribution < -0.4 is 5.32 Å². The summed E-state index contributed by atoms with van der Waals surface area (Å²) in [5.41, 5.74) is 1.25. The number of aliphatic hydroxyl groups is 1. The first-order chi connectivity index (χ1) is 8.27. The summed E-state index contributed by atoms with van der Waals surface area (Å²) in [7, 11) is 0. The predicted octanol–water partition coefficient (Wildman–Crippen LogP) is 2.77. The fourth-order valence-corrected chi connectivity index (χ4v) is 2.46. The van der Waals surface area contributed by atoms with E-state index in [4.69, 9.17) is 5.11 Å². The van der Waals surface area contributed by atoms with Crippen LogP contribution in [0.25, 0.3) is 0 Å². The highest BCUT2D eigenvalue weighted by atomic mass is 32.2. The summed E-state index contributed by atoms with van der Waals surface area (Å²) in [5, 5.41) is 12.3. The van der Waals surface area contributed by atoms with E-state index in [1.807, 2.05) is 24.0 Å². The maximum Gasteiger partial charge on any atom is 0.129 e. The third-order valence-corrected chi connectivity index (χ3v) is 3.73. The van der Waals surface area contributed by atoms with Crippen LogP contribution in [0.1, 0.15) is 25.8 Å². The van der Waals surface area contributed by atoms with Crippen LogP contribution in [0.15, 0.2) is 18.3 Å². The summed E-state index contributed by atoms with van der Waals surface area (Å²) in [6.07, 6.45) is 2.92. The van der Waals surface area contributed by atoms with E-state index < -0.39 is 0 Å². The van der Waals surface area contributed by atoms with E-state index in [1.54, 1.807) is 0 Å². The topological polar surface area (TPSA) is 45.2 Å². The molecule has 0 saturated heterocycles. The summed E-state index contributed by atoms with van der Waals surface area (Å²) in [4.78, 5) is 4.36. The maximum absolute atomic E-state index is 8.96. The lowest BCUT2D eigenvalue weighted by atomic mass is 10.2. The molecule has 0 aromatic carbocycles. The van der Waals surface area contributed by atoms with Gasteiger partial charge in [0.25, 0.3) is 0 Å². The Hall–Kier alpha value is -0.740. The van der Waals surface area contributed by atoms with Crippen molar-refractivity contribution in [2.75, 3.05) is 24.2 Å². The predicted molar refractivity (Wildman–Crippen MR) is 75.4 cm³/mol. The van der Waals surface area contributed by atoms with Crippen molar-refractivity contribution >= 4 is 17.6 Å². The van der Waals surface area contributed by atoms with E-state index in [0.29, 0.717) is 5.92 Å². The summed E-state index contributed by atoms with van der Waals surface area (Å²) >= 11 is 1.85. The van der Waals surface area contributed by atoms with Crippen molar-refractivity contribution in [3.05, 3.63) is 23.9 Å². The zero-order valence-corrected chi connectivity index (χ0v) is 11.5. The zero-order chi connectivity index (χ0) is 12.5. The average Bonchev–Trinajstić information content (AvgIpc) is 2.37. The van der Waals surface area contributed by atoms with Gasteiger partial charge in [-0.15, -0.1) is 0 Å². The molecule has 1 aromatic heterocycles. The van der Waals surface area contributed by atoms with Gasteiger partial charge in [0.05, 0.1) is 0 Å². The first-order valence-corrected chi connectivity index (χ1v) is 7.29. The van der Waals surface area contributed by atoms with Crippen LogP contribution in [0.5, 0.6) is 0 Å². The largest absolute Gasteiger partial charge is 0.396 e. The Morgan fingerprint density at radius 3 is 3.06 bits per heavy atom. The molecule has 3 nitrogen and oxygen atoms in total. The number of aromatic nitrogens is 1. The Morgan fingerprint density at radius 2 is 2.35 bits per heavy atom. The molecule has 0 fully saturated rings. The number of aliphatic hydroxyl groups excluding tert-OH is 1. The molecule has 0 bridgehead atoms. The van der Waals surface area contributed by atoms with Gasteiger partial charge >= 0.3 is 0 Å². The minimum absolute atomic E-state index is 0.265. The molecule has 0 amide bonds. The molecular formula is C13H22N2OS. The molecule has 0 saturated carbocycles. The second kappa shape index (κ2) is 8.37. The van der Waals surface area contributed by atoms with Gasteiger partial charge in [-0.1, -0.05) is 19.9 Å². The van der Waals surface area contributed by atoms with Crippen LogP contribution in [-0.4, -0.2) is 29.0 Å². The molecule has 17 heavy (non-hydrogen) atoms. The van der Waals surface area contributed by atoms with Gasteiger partial charge in [-0.05, 0) is 24.2 Å². The molecule has 1 aromatic rings. The summed E-state index contributed by atoms with van der Waals surface area (Å²) in [6.45, 7) is 5.43. The number of rotatable bonds is 8. The Labute approximate surface area is 108 Å². The summed E-state index contributed by atoms with van der Waals surface area (Å²) < 4.78 is 0. The molecular weight excluding hydrogens is 232 g/mol. The number of hydrogen-bond acceptors (Lipinski definition) is 4. The van der Waals surface area contributed by atoms with Crippen LogP contribution >= 0.6 is 11.8 Å². The van der Waals surface area contributed by atoms with Crippen LogP contribution in [0.3, 0.4) is 0 Å². The van der Waals surface area contributed by atoms with E-state index in [1.165, 1.54) is 5.56 Å². The number of anilines is 1. The van der Waals surface area contributed by atoms with Crippen molar-refractivity contribution in [2.45, 2.75) is 26.0 Å². The Kier molecular flexibility index (Phi) is 7.05. The second-order valence-corrected chi connectivity index (χ2v) is 5.27. The molecule has 4 heteroatoms. The Morgan fingerprint density at radius 1 is 1.53 bits per heavy atom. The van der Waals surface area contributed by atoms with Gasteiger partial charge in [0.15, 0.2) is 0 Å². The first kappa shape index (κ1) is 14.3. The Balaban J connectivity index is 2.45. The second-order valence-electron chi connectivity index (χ2n) is 4.24. The fraction of sp³-hybridized carbons (Fsp3) is 0.615.